The van der Waals surface area contributed by atoms with E-state index in [9.17, 15) is 14.7 Å². The fourth-order valence-electron chi connectivity index (χ4n) is 3.44. The molecule has 6 nitrogen and oxygen atoms in total. The van der Waals surface area contributed by atoms with Crippen molar-refractivity contribution in [3.8, 4) is 11.8 Å². The normalized spacial score (nSPS) is 15.9. The van der Waals surface area contributed by atoms with E-state index in [4.69, 9.17) is 10.00 Å². The minimum atomic E-state index is -0.814. The molecule has 1 N–H and O–H groups in total. The van der Waals surface area contributed by atoms with Gasteiger partial charge in [-0.25, -0.2) is 0 Å². The van der Waals surface area contributed by atoms with E-state index in [1.807, 2.05) is 6.07 Å². The quantitative estimate of drug-likeness (QED) is 0.622. The zero-order valence-corrected chi connectivity index (χ0v) is 16.7. The molecule has 2 heterocycles. The van der Waals surface area contributed by atoms with Gasteiger partial charge in [-0.3, -0.25) is 14.5 Å². The van der Waals surface area contributed by atoms with E-state index in [2.05, 4.69) is 0 Å². The maximum absolute atomic E-state index is 13.2. The smallest absolute Gasteiger partial charge is 0.294 e. The summed E-state index contributed by atoms with van der Waals surface area (Å²) in [6.45, 7) is 0. The third kappa shape index (κ3) is 3.23. The predicted molar refractivity (Wildman–Crippen MR) is 113 cm³/mol. The van der Waals surface area contributed by atoms with E-state index >= 15 is 0 Å². The van der Waals surface area contributed by atoms with Crippen LogP contribution in [-0.2, 0) is 4.79 Å². The fourth-order valence-corrected chi connectivity index (χ4v) is 4.12. The number of methoxy groups -OCH3 is 1. The summed E-state index contributed by atoms with van der Waals surface area (Å²) in [7, 11) is 1.55. The molecule has 0 spiro atoms. The molecule has 7 heteroatoms. The molecule has 0 radical (unpaired) electrons. The number of benzene rings is 2. The average molecular weight is 416 g/mol. The number of anilines is 1. The van der Waals surface area contributed by atoms with Gasteiger partial charge in [0, 0.05) is 5.69 Å². The molecule has 148 valence electrons. The van der Waals surface area contributed by atoms with Crippen LogP contribution in [0.4, 0.5) is 5.69 Å². The van der Waals surface area contributed by atoms with Gasteiger partial charge in [0.1, 0.15) is 5.75 Å². The largest absolute Gasteiger partial charge is 0.503 e. The molecule has 0 saturated carbocycles. The highest BCUT2D eigenvalue weighted by atomic mass is 32.1. The Bertz CT molecular complexity index is 1170. The van der Waals surface area contributed by atoms with Crippen LogP contribution in [0.5, 0.6) is 5.75 Å². The highest BCUT2D eigenvalue weighted by molar-refractivity contribution is 7.12. The Morgan fingerprint density at radius 3 is 2.40 bits per heavy atom. The maximum Gasteiger partial charge on any atom is 0.294 e. The molecule has 1 unspecified atom stereocenters. The summed E-state index contributed by atoms with van der Waals surface area (Å²) in [6, 6.07) is 18.0. The van der Waals surface area contributed by atoms with Crippen LogP contribution in [-0.4, -0.2) is 23.9 Å². The van der Waals surface area contributed by atoms with Gasteiger partial charge in [-0.2, -0.15) is 5.26 Å². The summed E-state index contributed by atoms with van der Waals surface area (Å²) >= 11 is 1.25. The van der Waals surface area contributed by atoms with E-state index in [0.717, 1.165) is 0 Å². The van der Waals surface area contributed by atoms with E-state index in [1.165, 1.54) is 16.2 Å². The van der Waals surface area contributed by atoms with Crippen LogP contribution >= 0.6 is 11.3 Å². The lowest BCUT2D eigenvalue weighted by molar-refractivity contribution is -0.117. The first kappa shape index (κ1) is 19.4. The summed E-state index contributed by atoms with van der Waals surface area (Å²) in [5.74, 6) is -1.00. The molecule has 0 aliphatic carbocycles. The molecule has 0 saturated heterocycles. The Morgan fingerprint density at radius 2 is 1.83 bits per heavy atom. The van der Waals surface area contributed by atoms with Gasteiger partial charge in [0.15, 0.2) is 5.76 Å². The molecule has 2 aromatic carbocycles. The van der Waals surface area contributed by atoms with Gasteiger partial charge in [0.05, 0.1) is 35.2 Å². The van der Waals surface area contributed by atoms with Crippen molar-refractivity contribution in [2.24, 2.45) is 0 Å². The Balaban J connectivity index is 1.86. The van der Waals surface area contributed by atoms with E-state index in [1.54, 1.807) is 73.2 Å². The van der Waals surface area contributed by atoms with Gasteiger partial charge in [-0.05, 0) is 53.4 Å². The topological polar surface area (TPSA) is 90.6 Å². The third-order valence-corrected chi connectivity index (χ3v) is 5.77. The lowest BCUT2D eigenvalue weighted by atomic mass is 9.95. The monoisotopic (exact) mass is 416 g/mol. The van der Waals surface area contributed by atoms with E-state index < -0.39 is 23.5 Å². The first-order valence-corrected chi connectivity index (χ1v) is 9.92. The number of rotatable bonds is 5. The van der Waals surface area contributed by atoms with Crippen molar-refractivity contribution in [2.75, 3.05) is 12.0 Å². The van der Waals surface area contributed by atoms with Gasteiger partial charge >= 0.3 is 0 Å². The lowest BCUT2D eigenvalue weighted by Gasteiger charge is -2.27. The standard InChI is InChI=1S/C23H16N2O4S/c1-29-17-10-6-15(7-11-17)20-19(21(26)18-3-2-12-30-18)22(27)23(28)25(20)16-8-4-14(13-24)5-9-16/h2-12,20,27H,1H3. The molecule has 1 aromatic heterocycles. The van der Waals surface area contributed by atoms with Crippen LogP contribution in [0.2, 0.25) is 0 Å². The number of ether oxygens (including phenoxy) is 1. The molecule has 1 amide bonds. The molecule has 4 rings (SSSR count). The summed E-state index contributed by atoms with van der Waals surface area (Å²) < 4.78 is 5.21. The summed E-state index contributed by atoms with van der Waals surface area (Å²) in [4.78, 5) is 28.0. The number of aliphatic hydroxyl groups excluding tert-OH is 1. The maximum atomic E-state index is 13.2. The molecule has 30 heavy (non-hydrogen) atoms. The minimum Gasteiger partial charge on any atom is -0.503 e. The summed E-state index contributed by atoms with van der Waals surface area (Å²) in [5, 5.41) is 21.5. The Morgan fingerprint density at radius 1 is 1.13 bits per heavy atom. The molecular formula is C23H16N2O4S. The number of carbonyl (C=O) groups is 2. The van der Waals surface area contributed by atoms with Crippen LogP contribution in [0.3, 0.4) is 0 Å². The highest BCUT2D eigenvalue weighted by Gasteiger charge is 2.44. The van der Waals surface area contributed by atoms with Crippen LogP contribution < -0.4 is 9.64 Å². The Kier molecular flexibility index (Phi) is 5.09. The first-order chi connectivity index (χ1) is 14.5. The number of nitrogens with zero attached hydrogens (tertiary/aromatic N) is 2. The molecule has 1 atom stereocenters. The Hall–Kier alpha value is -3.89. The van der Waals surface area contributed by atoms with Gasteiger partial charge in [-0.1, -0.05) is 18.2 Å². The fraction of sp³-hybridized carbons (Fsp3) is 0.0870. The lowest BCUT2D eigenvalue weighted by Crippen LogP contribution is -2.31. The second kappa shape index (κ2) is 7.85. The summed E-state index contributed by atoms with van der Waals surface area (Å²) in [6.07, 6.45) is 0. The van der Waals surface area contributed by atoms with Gasteiger partial charge in [-0.15, -0.1) is 11.3 Å². The highest BCUT2D eigenvalue weighted by Crippen LogP contribution is 2.42. The second-order valence-corrected chi connectivity index (χ2v) is 7.53. The molecule has 0 fully saturated rings. The van der Waals surface area contributed by atoms with Crippen molar-refractivity contribution >= 4 is 28.7 Å². The van der Waals surface area contributed by atoms with Crippen LogP contribution in [0, 0.1) is 11.3 Å². The van der Waals surface area contributed by atoms with Crippen molar-refractivity contribution in [3.63, 3.8) is 0 Å². The van der Waals surface area contributed by atoms with Gasteiger partial charge < -0.3 is 9.84 Å². The van der Waals surface area contributed by atoms with Crippen molar-refractivity contribution in [1.29, 1.82) is 5.26 Å². The first-order valence-electron chi connectivity index (χ1n) is 9.04. The zero-order valence-electron chi connectivity index (χ0n) is 15.9. The number of hydrogen-bond acceptors (Lipinski definition) is 6. The van der Waals surface area contributed by atoms with E-state index in [-0.39, 0.29) is 5.57 Å². The summed E-state index contributed by atoms with van der Waals surface area (Å²) in [5.41, 5.74) is 1.59. The number of carbonyl (C=O) groups excluding carboxylic acids is 2. The van der Waals surface area contributed by atoms with Crippen molar-refractivity contribution in [3.05, 3.63) is 93.4 Å². The minimum absolute atomic E-state index is 0.0250. The third-order valence-electron chi connectivity index (χ3n) is 4.90. The molecule has 3 aromatic rings. The number of ketones is 1. The van der Waals surface area contributed by atoms with Crippen LogP contribution in [0.25, 0.3) is 0 Å². The van der Waals surface area contributed by atoms with Gasteiger partial charge in [0.2, 0.25) is 5.78 Å². The number of hydrogen-bond donors (Lipinski definition) is 1. The van der Waals surface area contributed by atoms with Crippen LogP contribution in [0.1, 0.15) is 26.8 Å². The zero-order chi connectivity index (χ0) is 21.3. The molecule has 0 bridgehead atoms. The predicted octanol–water partition coefficient (Wildman–Crippen LogP) is 4.41. The number of amides is 1. The van der Waals surface area contributed by atoms with Crippen LogP contribution in [0.15, 0.2) is 77.4 Å². The molecular weight excluding hydrogens is 400 g/mol. The molecule has 1 aliphatic heterocycles. The number of Topliss-reactive ketones (excluding diaryl/α,β-unsaturated/α-hetero) is 1. The van der Waals surface area contributed by atoms with Crippen molar-refractivity contribution in [1.82, 2.24) is 0 Å². The molecule has 1 aliphatic rings. The van der Waals surface area contributed by atoms with Crippen molar-refractivity contribution in [2.45, 2.75) is 6.04 Å². The number of thiophene rings is 1. The SMILES string of the molecule is COc1ccc(C2C(C(=O)c3cccs3)=C(O)C(=O)N2c2ccc(C#N)cc2)cc1. The second-order valence-electron chi connectivity index (χ2n) is 6.58. The number of aliphatic hydroxyl groups is 1. The number of nitriles is 1. The Labute approximate surface area is 176 Å². The van der Waals surface area contributed by atoms with Crippen molar-refractivity contribution < 1.29 is 19.4 Å². The van der Waals surface area contributed by atoms with Gasteiger partial charge in [0.25, 0.3) is 5.91 Å². The average Bonchev–Trinajstić information content (AvgIpc) is 3.41. The van der Waals surface area contributed by atoms with E-state index in [0.29, 0.717) is 27.4 Å².